The molecule has 1 amide bonds. The van der Waals surface area contributed by atoms with Crippen molar-refractivity contribution in [3.63, 3.8) is 0 Å². The zero-order valence-corrected chi connectivity index (χ0v) is 15.0. The van der Waals surface area contributed by atoms with E-state index in [0.717, 1.165) is 12.1 Å². The van der Waals surface area contributed by atoms with E-state index in [1.54, 1.807) is 6.07 Å². The largest absolute Gasteiger partial charge is 0.497 e. The minimum Gasteiger partial charge on any atom is -0.497 e. The average molecular weight is 379 g/mol. The Morgan fingerprint density at radius 2 is 1.81 bits per heavy atom. The maximum absolute atomic E-state index is 13.7. The first-order valence-corrected chi connectivity index (χ1v) is 7.99. The fourth-order valence-electron chi connectivity index (χ4n) is 2.39. The van der Waals surface area contributed by atoms with E-state index >= 15 is 0 Å². The Hall–Kier alpha value is -3.16. The molecule has 2 aromatic rings. The molecule has 0 radical (unpaired) electrons. The van der Waals surface area contributed by atoms with Crippen molar-refractivity contribution in [2.45, 2.75) is 13.0 Å². The van der Waals surface area contributed by atoms with E-state index in [-0.39, 0.29) is 16.9 Å². The summed E-state index contributed by atoms with van der Waals surface area (Å²) in [4.78, 5) is 24.1. The third-order valence-corrected chi connectivity index (χ3v) is 3.77. The Morgan fingerprint density at radius 1 is 1.07 bits per heavy atom. The number of rotatable bonds is 7. The third-order valence-electron chi connectivity index (χ3n) is 3.77. The molecular weight excluding hydrogens is 360 g/mol. The lowest BCUT2D eigenvalue weighted by Gasteiger charge is -2.15. The monoisotopic (exact) mass is 379 g/mol. The van der Waals surface area contributed by atoms with Crippen LogP contribution in [0.25, 0.3) is 0 Å². The number of carbonyl (C=O) groups is 2. The zero-order valence-electron chi connectivity index (χ0n) is 15.0. The standard InChI is InChI=1S/C19H19F2NO5/c1-11(14-6-4-12(20)8-16(14)21)22-18(23)10-27-19(24)15-7-5-13(25-2)9-17(15)26-3/h4-9,11H,10H2,1-3H3,(H,22,23)/t11-/m0/s1. The molecular formula is C19H19F2NO5. The second-order valence-electron chi connectivity index (χ2n) is 5.60. The predicted octanol–water partition coefficient (Wildman–Crippen LogP) is 3.02. The Labute approximate surface area is 155 Å². The molecule has 0 unspecified atom stereocenters. The molecule has 0 bridgehead atoms. The number of methoxy groups -OCH3 is 2. The van der Waals surface area contributed by atoms with Gasteiger partial charge >= 0.3 is 5.97 Å². The number of ether oxygens (including phenoxy) is 3. The fourth-order valence-corrected chi connectivity index (χ4v) is 2.39. The molecule has 2 rings (SSSR count). The van der Waals surface area contributed by atoms with Gasteiger partial charge in [0.25, 0.3) is 5.91 Å². The summed E-state index contributed by atoms with van der Waals surface area (Å²) in [7, 11) is 2.86. The Balaban J connectivity index is 1.96. The van der Waals surface area contributed by atoms with Gasteiger partial charge in [-0.25, -0.2) is 13.6 Å². The van der Waals surface area contributed by atoms with Crippen LogP contribution in [0.3, 0.4) is 0 Å². The van der Waals surface area contributed by atoms with Crippen molar-refractivity contribution >= 4 is 11.9 Å². The number of benzene rings is 2. The Kier molecular flexibility index (Phi) is 6.70. The number of amides is 1. The summed E-state index contributed by atoms with van der Waals surface area (Å²) in [6, 6.07) is 6.85. The van der Waals surface area contributed by atoms with Crippen LogP contribution < -0.4 is 14.8 Å². The highest BCUT2D eigenvalue weighted by Crippen LogP contribution is 2.25. The maximum atomic E-state index is 13.7. The van der Waals surface area contributed by atoms with E-state index in [0.29, 0.717) is 5.75 Å². The summed E-state index contributed by atoms with van der Waals surface area (Å²) in [5.41, 5.74) is 0.247. The molecule has 0 saturated carbocycles. The molecule has 27 heavy (non-hydrogen) atoms. The summed E-state index contributed by atoms with van der Waals surface area (Å²) in [6.07, 6.45) is 0. The molecule has 0 aromatic heterocycles. The highest BCUT2D eigenvalue weighted by atomic mass is 19.1. The Bertz CT molecular complexity index is 841. The van der Waals surface area contributed by atoms with E-state index in [4.69, 9.17) is 14.2 Å². The van der Waals surface area contributed by atoms with Gasteiger partial charge in [-0.05, 0) is 25.1 Å². The molecule has 2 aromatic carbocycles. The van der Waals surface area contributed by atoms with Gasteiger partial charge in [-0.3, -0.25) is 4.79 Å². The van der Waals surface area contributed by atoms with E-state index in [9.17, 15) is 18.4 Å². The number of hydrogen-bond acceptors (Lipinski definition) is 5. The van der Waals surface area contributed by atoms with E-state index < -0.39 is 36.2 Å². The highest BCUT2D eigenvalue weighted by molar-refractivity contribution is 5.94. The number of esters is 1. The van der Waals surface area contributed by atoms with E-state index in [1.165, 1.54) is 39.3 Å². The Morgan fingerprint density at radius 3 is 2.44 bits per heavy atom. The summed E-state index contributed by atoms with van der Waals surface area (Å²) < 4.78 is 41.8. The van der Waals surface area contributed by atoms with Gasteiger partial charge in [0, 0.05) is 17.7 Å². The van der Waals surface area contributed by atoms with Crippen LogP contribution in [0.4, 0.5) is 8.78 Å². The third kappa shape index (κ3) is 5.16. The van der Waals surface area contributed by atoms with Crippen LogP contribution in [0, 0.1) is 11.6 Å². The van der Waals surface area contributed by atoms with Crippen molar-refractivity contribution in [1.29, 1.82) is 0 Å². The summed E-state index contributed by atoms with van der Waals surface area (Å²) in [5.74, 6) is -2.14. The number of nitrogens with one attached hydrogen (secondary N) is 1. The lowest BCUT2D eigenvalue weighted by molar-refractivity contribution is -0.124. The lowest BCUT2D eigenvalue weighted by atomic mass is 10.1. The minimum absolute atomic E-state index is 0.118. The van der Waals surface area contributed by atoms with Crippen molar-refractivity contribution in [2.75, 3.05) is 20.8 Å². The van der Waals surface area contributed by atoms with Crippen molar-refractivity contribution in [1.82, 2.24) is 5.32 Å². The number of halogens is 2. The number of carbonyl (C=O) groups excluding carboxylic acids is 2. The SMILES string of the molecule is COc1ccc(C(=O)OCC(=O)N[C@@H](C)c2ccc(F)cc2F)c(OC)c1. The molecule has 0 aliphatic rings. The van der Waals surface area contributed by atoms with Gasteiger partial charge in [-0.1, -0.05) is 6.07 Å². The summed E-state index contributed by atoms with van der Waals surface area (Å²) in [5, 5.41) is 2.48. The van der Waals surface area contributed by atoms with Gasteiger partial charge in [0.2, 0.25) is 0 Å². The quantitative estimate of drug-likeness (QED) is 0.749. The van der Waals surface area contributed by atoms with Crippen LogP contribution in [0.1, 0.15) is 28.9 Å². The van der Waals surface area contributed by atoms with Gasteiger partial charge in [-0.15, -0.1) is 0 Å². The molecule has 0 heterocycles. The molecule has 0 saturated heterocycles. The van der Waals surface area contributed by atoms with E-state index in [1.807, 2.05) is 0 Å². The van der Waals surface area contributed by atoms with Gasteiger partial charge < -0.3 is 19.5 Å². The first-order valence-electron chi connectivity index (χ1n) is 7.99. The van der Waals surface area contributed by atoms with Gasteiger partial charge in [-0.2, -0.15) is 0 Å². The second-order valence-corrected chi connectivity index (χ2v) is 5.60. The van der Waals surface area contributed by atoms with Gasteiger partial charge in [0.05, 0.1) is 20.3 Å². The van der Waals surface area contributed by atoms with Crippen molar-refractivity contribution in [2.24, 2.45) is 0 Å². The van der Waals surface area contributed by atoms with Crippen LogP contribution >= 0.6 is 0 Å². The first-order chi connectivity index (χ1) is 12.8. The molecule has 0 aliphatic carbocycles. The van der Waals surface area contributed by atoms with Crippen LogP contribution in [-0.2, 0) is 9.53 Å². The lowest BCUT2D eigenvalue weighted by Crippen LogP contribution is -2.31. The maximum Gasteiger partial charge on any atom is 0.342 e. The molecule has 1 N–H and O–H groups in total. The van der Waals surface area contributed by atoms with Crippen LogP contribution in [-0.4, -0.2) is 32.7 Å². The predicted molar refractivity (Wildman–Crippen MR) is 92.7 cm³/mol. The van der Waals surface area contributed by atoms with Gasteiger partial charge in [0.1, 0.15) is 28.7 Å². The van der Waals surface area contributed by atoms with Crippen molar-refractivity contribution < 1.29 is 32.6 Å². The number of hydrogen-bond donors (Lipinski definition) is 1. The van der Waals surface area contributed by atoms with Crippen LogP contribution in [0.5, 0.6) is 11.5 Å². The molecule has 144 valence electrons. The molecule has 1 atom stereocenters. The first kappa shape index (κ1) is 20.2. The summed E-state index contributed by atoms with van der Waals surface area (Å²) >= 11 is 0. The van der Waals surface area contributed by atoms with Crippen LogP contribution in [0.2, 0.25) is 0 Å². The fraction of sp³-hybridized carbons (Fsp3) is 0.263. The average Bonchev–Trinajstić information content (AvgIpc) is 2.65. The topological polar surface area (TPSA) is 73.9 Å². The van der Waals surface area contributed by atoms with E-state index in [2.05, 4.69) is 5.32 Å². The minimum atomic E-state index is -0.775. The normalized spacial score (nSPS) is 11.4. The molecule has 0 fully saturated rings. The molecule has 8 heteroatoms. The van der Waals surface area contributed by atoms with Crippen molar-refractivity contribution in [3.8, 4) is 11.5 Å². The highest BCUT2D eigenvalue weighted by Gasteiger charge is 2.18. The zero-order chi connectivity index (χ0) is 20.0. The van der Waals surface area contributed by atoms with Gasteiger partial charge in [0.15, 0.2) is 6.61 Å². The summed E-state index contributed by atoms with van der Waals surface area (Å²) in [6.45, 7) is 0.962. The molecule has 6 nitrogen and oxygen atoms in total. The van der Waals surface area contributed by atoms with Crippen LogP contribution in [0.15, 0.2) is 36.4 Å². The molecule has 0 spiro atoms. The molecule has 0 aliphatic heterocycles. The van der Waals surface area contributed by atoms with Crippen molar-refractivity contribution in [3.05, 3.63) is 59.2 Å². The second kappa shape index (κ2) is 8.98. The smallest absolute Gasteiger partial charge is 0.342 e.